The van der Waals surface area contributed by atoms with Gasteiger partial charge in [-0.05, 0) is 56.0 Å². The lowest BCUT2D eigenvalue weighted by Crippen LogP contribution is -2.36. The fourth-order valence-corrected chi connectivity index (χ4v) is 3.77. The Morgan fingerprint density at radius 3 is 2.34 bits per heavy atom. The zero-order chi connectivity index (χ0) is 23.3. The van der Waals surface area contributed by atoms with Crippen molar-refractivity contribution in [3.8, 4) is 16.2 Å². The molecule has 0 aliphatic carbocycles. The maximum absolute atomic E-state index is 12.8. The fraction of sp³-hybridized carbons (Fsp3) is 0.280. The van der Waals surface area contributed by atoms with Crippen LogP contribution in [0, 0.1) is 0 Å². The van der Waals surface area contributed by atoms with Crippen LogP contribution in [0.2, 0.25) is 0 Å². The number of benzene rings is 2. The summed E-state index contributed by atoms with van der Waals surface area (Å²) in [5.41, 5.74) is 1.30. The second kappa shape index (κ2) is 9.97. The number of carbonyl (C=O) groups excluding carboxylic acids is 2. The number of hydrogen-bond donors (Lipinski definition) is 1. The largest absolute Gasteiger partial charge is 0.444 e. The van der Waals surface area contributed by atoms with Crippen molar-refractivity contribution in [2.45, 2.75) is 32.5 Å². The van der Waals surface area contributed by atoms with Crippen molar-refractivity contribution in [2.75, 3.05) is 13.6 Å². The Labute approximate surface area is 192 Å². The van der Waals surface area contributed by atoms with Crippen LogP contribution in [0.3, 0.4) is 0 Å². The van der Waals surface area contributed by atoms with Gasteiger partial charge in [-0.3, -0.25) is 0 Å². The van der Waals surface area contributed by atoms with Crippen LogP contribution < -0.4 is 4.74 Å². The van der Waals surface area contributed by atoms with Gasteiger partial charge in [0.25, 0.3) is 0 Å². The number of carbonyl (C=O) groups is 2. The molecular weight excluding hydrogens is 426 g/mol. The van der Waals surface area contributed by atoms with Crippen molar-refractivity contribution in [1.29, 1.82) is 0 Å². The van der Waals surface area contributed by atoms with Gasteiger partial charge in [0, 0.05) is 17.5 Å². The highest BCUT2D eigenvalue weighted by molar-refractivity contribution is 7.13. The summed E-state index contributed by atoms with van der Waals surface area (Å²) in [6.45, 7) is 5.43. The molecule has 0 spiro atoms. The normalized spacial score (nSPS) is 12.2. The van der Waals surface area contributed by atoms with E-state index in [0.717, 1.165) is 10.4 Å². The van der Waals surface area contributed by atoms with Gasteiger partial charge in [0.05, 0.1) is 18.2 Å². The molecule has 3 aromatic rings. The van der Waals surface area contributed by atoms with E-state index >= 15 is 0 Å². The summed E-state index contributed by atoms with van der Waals surface area (Å²) in [4.78, 5) is 27.2. The van der Waals surface area contributed by atoms with E-state index in [1.54, 1.807) is 75.6 Å². The number of thiophene rings is 1. The van der Waals surface area contributed by atoms with Gasteiger partial charge in [-0.2, -0.15) is 0 Å². The molecule has 3 rings (SSSR count). The van der Waals surface area contributed by atoms with Crippen LogP contribution in [-0.4, -0.2) is 41.3 Å². The minimum absolute atomic E-state index is 0.0717. The van der Waals surface area contributed by atoms with Crippen molar-refractivity contribution >= 4 is 23.4 Å². The Bertz CT molecular complexity index is 1050. The molecule has 1 atom stereocenters. The first kappa shape index (κ1) is 23.5. The van der Waals surface area contributed by atoms with Gasteiger partial charge in [-0.25, -0.2) is 9.59 Å². The number of amides is 1. The highest BCUT2D eigenvalue weighted by Crippen LogP contribution is 2.29. The average molecular weight is 454 g/mol. The maximum atomic E-state index is 12.8. The molecule has 1 aromatic heterocycles. The zero-order valence-corrected chi connectivity index (χ0v) is 19.4. The molecule has 1 amide bonds. The molecule has 0 saturated carbocycles. The zero-order valence-electron chi connectivity index (χ0n) is 18.6. The standard InChI is InChI=1S/C25H27NO5S/c1-25(2,3)31-24(29)26(4)16-21(27)17-11-13-18(14-12-17)30-23(28)20-9-6-5-8-19(20)22-10-7-15-32-22/h5-15,21,27H,16H2,1-4H3. The molecule has 6 nitrogen and oxygen atoms in total. The molecule has 1 unspecified atom stereocenters. The second-order valence-electron chi connectivity index (χ2n) is 8.36. The van der Waals surface area contributed by atoms with Gasteiger partial charge in [0.1, 0.15) is 11.4 Å². The molecule has 0 aliphatic heterocycles. The summed E-state index contributed by atoms with van der Waals surface area (Å²) in [5, 5.41) is 12.4. The predicted molar refractivity (Wildman–Crippen MR) is 125 cm³/mol. The number of aliphatic hydroxyl groups is 1. The Morgan fingerprint density at radius 1 is 1.03 bits per heavy atom. The van der Waals surface area contributed by atoms with Crippen LogP contribution in [0.4, 0.5) is 4.79 Å². The summed E-state index contributed by atoms with van der Waals surface area (Å²) in [6.07, 6.45) is -1.41. The summed E-state index contributed by atoms with van der Waals surface area (Å²) >= 11 is 1.56. The van der Waals surface area contributed by atoms with Gasteiger partial charge in [0.15, 0.2) is 0 Å². The predicted octanol–water partition coefficient (Wildman–Crippen LogP) is 5.53. The fourth-order valence-electron chi connectivity index (χ4n) is 3.01. The number of esters is 1. The summed E-state index contributed by atoms with van der Waals surface area (Å²) in [7, 11) is 1.57. The van der Waals surface area contributed by atoms with E-state index < -0.39 is 23.8 Å². The highest BCUT2D eigenvalue weighted by Gasteiger charge is 2.22. The van der Waals surface area contributed by atoms with Crippen LogP contribution in [0.1, 0.15) is 42.8 Å². The molecule has 1 N–H and O–H groups in total. The van der Waals surface area contributed by atoms with E-state index in [1.807, 2.05) is 29.6 Å². The Balaban J connectivity index is 1.64. The molecule has 7 heteroatoms. The quantitative estimate of drug-likeness (QED) is 0.392. The SMILES string of the molecule is CN(CC(O)c1ccc(OC(=O)c2ccccc2-c2cccs2)cc1)C(=O)OC(C)(C)C. The topological polar surface area (TPSA) is 76.1 Å². The van der Waals surface area contributed by atoms with Gasteiger partial charge in [0.2, 0.25) is 0 Å². The number of hydrogen-bond acceptors (Lipinski definition) is 6. The van der Waals surface area contributed by atoms with Gasteiger partial charge < -0.3 is 19.5 Å². The van der Waals surface area contributed by atoms with Crippen LogP contribution in [0.25, 0.3) is 10.4 Å². The summed E-state index contributed by atoms with van der Waals surface area (Å²) in [5.74, 6) is -0.0839. The number of ether oxygens (including phenoxy) is 2. The van der Waals surface area contributed by atoms with Crippen molar-refractivity contribution < 1.29 is 24.2 Å². The Kier molecular flexibility index (Phi) is 7.33. The Hall–Kier alpha value is -3.16. The molecule has 32 heavy (non-hydrogen) atoms. The van der Waals surface area contributed by atoms with E-state index in [1.165, 1.54) is 4.90 Å². The lowest BCUT2D eigenvalue weighted by atomic mass is 10.1. The van der Waals surface area contributed by atoms with E-state index in [-0.39, 0.29) is 6.54 Å². The van der Waals surface area contributed by atoms with E-state index in [9.17, 15) is 14.7 Å². The molecule has 2 aromatic carbocycles. The summed E-state index contributed by atoms with van der Waals surface area (Å²) in [6, 6.07) is 17.8. The first-order valence-electron chi connectivity index (χ1n) is 10.2. The second-order valence-corrected chi connectivity index (χ2v) is 9.31. The molecule has 0 saturated heterocycles. The molecule has 168 valence electrons. The maximum Gasteiger partial charge on any atom is 0.410 e. The van der Waals surface area contributed by atoms with Crippen molar-refractivity contribution in [3.05, 3.63) is 77.2 Å². The van der Waals surface area contributed by atoms with Gasteiger partial charge >= 0.3 is 12.1 Å². The van der Waals surface area contributed by atoms with E-state index in [2.05, 4.69) is 0 Å². The molecular formula is C25H27NO5S. The number of rotatable bonds is 6. The first-order chi connectivity index (χ1) is 15.1. The summed E-state index contributed by atoms with van der Waals surface area (Å²) < 4.78 is 10.8. The van der Waals surface area contributed by atoms with Crippen molar-refractivity contribution in [3.63, 3.8) is 0 Å². The molecule has 1 heterocycles. The third-order valence-corrected chi connectivity index (χ3v) is 5.46. The van der Waals surface area contributed by atoms with Crippen LogP contribution >= 0.6 is 11.3 Å². The average Bonchev–Trinajstić information content (AvgIpc) is 3.27. The van der Waals surface area contributed by atoms with Crippen LogP contribution in [0.5, 0.6) is 5.75 Å². The highest BCUT2D eigenvalue weighted by atomic mass is 32.1. The van der Waals surface area contributed by atoms with Crippen molar-refractivity contribution in [1.82, 2.24) is 4.90 Å². The minimum atomic E-state index is -0.906. The van der Waals surface area contributed by atoms with Gasteiger partial charge in [-0.15, -0.1) is 11.3 Å². The van der Waals surface area contributed by atoms with E-state index in [4.69, 9.17) is 9.47 Å². The van der Waals surface area contributed by atoms with Gasteiger partial charge in [-0.1, -0.05) is 36.4 Å². The minimum Gasteiger partial charge on any atom is -0.444 e. The third kappa shape index (κ3) is 6.18. The number of likely N-dealkylation sites (N-methyl/N-ethyl adjacent to an activating group) is 1. The van der Waals surface area contributed by atoms with E-state index in [0.29, 0.717) is 16.9 Å². The molecule has 0 bridgehead atoms. The monoisotopic (exact) mass is 453 g/mol. The Morgan fingerprint density at radius 2 is 1.72 bits per heavy atom. The third-order valence-electron chi connectivity index (χ3n) is 4.56. The number of nitrogens with zero attached hydrogens (tertiary/aromatic N) is 1. The van der Waals surface area contributed by atoms with Crippen LogP contribution in [-0.2, 0) is 4.74 Å². The molecule has 0 aliphatic rings. The lowest BCUT2D eigenvalue weighted by Gasteiger charge is -2.26. The van der Waals surface area contributed by atoms with Crippen molar-refractivity contribution in [2.24, 2.45) is 0 Å². The van der Waals surface area contributed by atoms with Crippen LogP contribution in [0.15, 0.2) is 66.0 Å². The number of aliphatic hydroxyl groups excluding tert-OH is 1. The first-order valence-corrected chi connectivity index (χ1v) is 11.1. The smallest absolute Gasteiger partial charge is 0.410 e. The molecule has 0 radical (unpaired) electrons. The molecule has 0 fully saturated rings. The lowest BCUT2D eigenvalue weighted by molar-refractivity contribution is 0.0205.